The third-order valence-corrected chi connectivity index (χ3v) is 4.17. The molecule has 0 atom stereocenters. The highest BCUT2D eigenvalue weighted by Crippen LogP contribution is 2.24. The number of thiazole rings is 1. The summed E-state index contributed by atoms with van der Waals surface area (Å²) in [5.41, 5.74) is 1.82. The van der Waals surface area contributed by atoms with Crippen molar-refractivity contribution in [1.82, 2.24) is 15.0 Å². The topological polar surface area (TPSA) is 50.7 Å². The van der Waals surface area contributed by atoms with E-state index in [1.54, 1.807) is 11.3 Å². The van der Waals surface area contributed by atoms with Crippen LogP contribution >= 0.6 is 33.9 Å². The van der Waals surface area contributed by atoms with E-state index in [0.29, 0.717) is 5.82 Å². The minimum absolute atomic E-state index is 0.687. The molecule has 16 heavy (non-hydrogen) atoms. The Morgan fingerprint density at radius 2 is 2.00 bits per heavy atom. The van der Waals surface area contributed by atoms with Gasteiger partial charge in [-0.3, -0.25) is 0 Å². The number of hydrogen-bond acceptors (Lipinski definition) is 5. The molecule has 0 aliphatic rings. The lowest BCUT2D eigenvalue weighted by Gasteiger charge is -2.06. The Labute approximate surface area is 112 Å². The van der Waals surface area contributed by atoms with Crippen molar-refractivity contribution in [3.8, 4) is 11.5 Å². The first-order chi connectivity index (χ1) is 7.61. The van der Waals surface area contributed by atoms with Gasteiger partial charge in [0.25, 0.3) is 0 Å². The Bertz CT molecular complexity index is 524. The number of halogens is 1. The van der Waals surface area contributed by atoms with E-state index in [4.69, 9.17) is 0 Å². The minimum Gasteiger partial charge on any atom is -0.372 e. The van der Waals surface area contributed by atoms with Crippen LogP contribution in [0.25, 0.3) is 11.5 Å². The van der Waals surface area contributed by atoms with Gasteiger partial charge in [-0.2, -0.15) is 0 Å². The van der Waals surface area contributed by atoms with Gasteiger partial charge >= 0.3 is 0 Å². The fourth-order valence-electron chi connectivity index (χ4n) is 1.31. The molecule has 0 saturated heterocycles. The van der Waals surface area contributed by atoms with Crippen molar-refractivity contribution >= 4 is 39.7 Å². The van der Waals surface area contributed by atoms with Crippen molar-refractivity contribution in [1.29, 1.82) is 0 Å². The van der Waals surface area contributed by atoms with Crippen LogP contribution in [0.2, 0.25) is 0 Å². The summed E-state index contributed by atoms with van der Waals surface area (Å²) in [4.78, 5) is 13.3. The molecule has 0 amide bonds. The first-order valence-electron chi connectivity index (χ1n) is 4.76. The molecular formula is C10H11IN4S. The molecule has 0 aliphatic carbocycles. The van der Waals surface area contributed by atoms with Crippen LogP contribution in [0.3, 0.4) is 0 Å². The normalized spacial score (nSPS) is 10.5. The van der Waals surface area contributed by atoms with Gasteiger partial charge in [-0.15, -0.1) is 11.3 Å². The van der Waals surface area contributed by atoms with E-state index >= 15 is 0 Å². The summed E-state index contributed by atoms with van der Waals surface area (Å²) in [6.07, 6.45) is 0. The number of rotatable bonds is 2. The largest absolute Gasteiger partial charge is 0.372 e. The molecule has 0 radical (unpaired) electrons. The molecule has 0 aromatic carbocycles. The molecule has 0 unspecified atom stereocenters. The Balaban J connectivity index is 2.54. The molecule has 0 spiro atoms. The fourth-order valence-corrected chi connectivity index (χ4v) is 2.41. The zero-order valence-corrected chi connectivity index (χ0v) is 12.2. The highest BCUT2D eigenvalue weighted by molar-refractivity contribution is 14.1. The zero-order valence-electron chi connectivity index (χ0n) is 9.21. The third-order valence-electron chi connectivity index (χ3n) is 2.10. The maximum Gasteiger partial charge on any atom is 0.181 e. The van der Waals surface area contributed by atoms with E-state index in [1.807, 2.05) is 26.3 Å². The van der Waals surface area contributed by atoms with Crippen LogP contribution in [0.5, 0.6) is 0 Å². The van der Waals surface area contributed by atoms with Crippen LogP contribution in [0.4, 0.5) is 5.82 Å². The van der Waals surface area contributed by atoms with E-state index in [-0.39, 0.29) is 0 Å². The van der Waals surface area contributed by atoms with Gasteiger partial charge in [0.05, 0.1) is 14.3 Å². The summed E-state index contributed by atoms with van der Waals surface area (Å²) in [7, 11) is 1.86. The number of nitrogens with zero attached hydrogens (tertiary/aromatic N) is 3. The summed E-state index contributed by atoms with van der Waals surface area (Å²) < 4.78 is 1.05. The molecule has 0 aliphatic heterocycles. The third kappa shape index (κ3) is 2.17. The smallest absolute Gasteiger partial charge is 0.181 e. The molecule has 0 fully saturated rings. The number of nitrogens with one attached hydrogen (secondary N) is 1. The van der Waals surface area contributed by atoms with Gasteiger partial charge in [-0.05, 0) is 36.4 Å². The second-order valence-electron chi connectivity index (χ2n) is 3.30. The zero-order chi connectivity index (χ0) is 11.7. The summed E-state index contributed by atoms with van der Waals surface area (Å²) >= 11 is 3.85. The van der Waals surface area contributed by atoms with Gasteiger partial charge in [0.15, 0.2) is 5.82 Å². The number of anilines is 1. The molecule has 4 nitrogen and oxygen atoms in total. The Kier molecular flexibility index (Phi) is 3.38. The lowest BCUT2D eigenvalue weighted by Crippen LogP contribution is -2.02. The predicted molar refractivity (Wildman–Crippen MR) is 74.9 cm³/mol. The monoisotopic (exact) mass is 346 g/mol. The highest BCUT2D eigenvalue weighted by Gasteiger charge is 2.11. The fraction of sp³-hybridized carbons (Fsp3) is 0.300. The lowest BCUT2D eigenvalue weighted by atomic mass is 10.3. The van der Waals surface area contributed by atoms with E-state index in [2.05, 4.69) is 42.9 Å². The van der Waals surface area contributed by atoms with Gasteiger partial charge in [0.2, 0.25) is 0 Å². The molecule has 1 N–H and O–H groups in total. The molecule has 2 rings (SSSR count). The van der Waals surface area contributed by atoms with Gasteiger partial charge in [0.1, 0.15) is 11.5 Å². The summed E-state index contributed by atoms with van der Waals surface area (Å²) in [6.45, 7) is 3.96. The van der Waals surface area contributed by atoms with Crippen LogP contribution in [-0.4, -0.2) is 22.0 Å². The predicted octanol–water partition coefficient (Wildman–Crippen LogP) is 2.86. The van der Waals surface area contributed by atoms with Gasteiger partial charge in [-0.1, -0.05) is 0 Å². The Hall–Kier alpha value is -0.760. The Morgan fingerprint density at radius 3 is 2.56 bits per heavy atom. The second kappa shape index (κ2) is 4.62. The quantitative estimate of drug-likeness (QED) is 0.850. The lowest BCUT2D eigenvalue weighted by molar-refractivity contribution is 1.07. The van der Waals surface area contributed by atoms with Crippen molar-refractivity contribution in [2.45, 2.75) is 13.8 Å². The number of aromatic nitrogens is 3. The molecular weight excluding hydrogens is 335 g/mol. The molecule has 0 bridgehead atoms. The summed E-state index contributed by atoms with van der Waals surface area (Å²) in [5.74, 6) is 1.54. The molecule has 0 saturated carbocycles. The van der Waals surface area contributed by atoms with Gasteiger partial charge in [-0.25, -0.2) is 15.0 Å². The van der Waals surface area contributed by atoms with Gasteiger partial charge in [0, 0.05) is 12.4 Å². The average molecular weight is 346 g/mol. The minimum atomic E-state index is 0.687. The van der Waals surface area contributed by atoms with Crippen molar-refractivity contribution in [2.75, 3.05) is 12.4 Å². The van der Waals surface area contributed by atoms with Crippen molar-refractivity contribution in [3.05, 3.63) is 19.7 Å². The van der Waals surface area contributed by atoms with E-state index < -0.39 is 0 Å². The van der Waals surface area contributed by atoms with Crippen molar-refractivity contribution in [2.24, 2.45) is 0 Å². The molecule has 2 aromatic heterocycles. The first-order valence-corrected chi connectivity index (χ1v) is 6.72. The summed E-state index contributed by atoms with van der Waals surface area (Å²) in [6, 6.07) is 0. The van der Waals surface area contributed by atoms with Gasteiger partial charge < -0.3 is 5.32 Å². The highest BCUT2D eigenvalue weighted by atomic mass is 127. The molecule has 2 aromatic rings. The van der Waals surface area contributed by atoms with E-state index in [0.717, 1.165) is 25.8 Å². The average Bonchev–Trinajstić information content (AvgIpc) is 2.69. The summed E-state index contributed by atoms with van der Waals surface area (Å²) in [5, 5.41) is 6.08. The number of hydrogen-bond donors (Lipinski definition) is 1. The SMILES string of the molecule is CNc1nc(-c2csc(C)n2)nc(C)c1I. The first kappa shape index (κ1) is 11.7. The van der Waals surface area contributed by atoms with Crippen molar-refractivity contribution < 1.29 is 0 Å². The standard InChI is InChI=1S/C10H11IN4S/c1-5-8(11)10(12-3)15-9(13-5)7-4-16-6(2)14-7/h4H,1-3H3,(H,12,13,15). The maximum atomic E-state index is 4.45. The van der Waals surface area contributed by atoms with Crippen LogP contribution in [0.1, 0.15) is 10.7 Å². The Morgan fingerprint density at radius 1 is 1.25 bits per heavy atom. The van der Waals surface area contributed by atoms with E-state index in [1.165, 1.54) is 0 Å². The molecule has 2 heterocycles. The second-order valence-corrected chi connectivity index (χ2v) is 5.44. The van der Waals surface area contributed by atoms with Crippen molar-refractivity contribution in [3.63, 3.8) is 0 Å². The van der Waals surface area contributed by atoms with Crippen LogP contribution < -0.4 is 5.32 Å². The molecule has 6 heteroatoms. The van der Waals surface area contributed by atoms with Crippen LogP contribution in [0, 0.1) is 17.4 Å². The maximum absolute atomic E-state index is 4.45. The van der Waals surface area contributed by atoms with Crippen LogP contribution in [-0.2, 0) is 0 Å². The van der Waals surface area contributed by atoms with E-state index in [9.17, 15) is 0 Å². The molecule has 84 valence electrons. The number of aryl methyl sites for hydroxylation is 2. The van der Waals surface area contributed by atoms with Crippen LogP contribution in [0.15, 0.2) is 5.38 Å².